The summed E-state index contributed by atoms with van der Waals surface area (Å²) in [6.07, 6.45) is 0.886. The Morgan fingerprint density at radius 2 is 1.77 bits per heavy atom. The molecule has 8 nitrogen and oxygen atoms in total. The van der Waals surface area contributed by atoms with E-state index in [0.717, 1.165) is 4.88 Å². The van der Waals surface area contributed by atoms with Crippen LogP contribution in [0.25, 0.3) is 0 Å². The highest BCUT2D eigenvalue weighted by Crippen LogP contribution is 2.15. The summed E-state index contributed by atoms with van der Waals surface area (Å²) in [5.41, 5.74) is 0.416. The van der Waals surface area contributed by atoms with E-state index < -0.39 is 16.1 Å². The second-order valence-corrected chi connectivity index (χ2v) is 9.65. The number of carbonyl (C=O) groups is 2. The molecule has 30 heavy (non-hydrogen) atoms. The topological polar surface area (TPSA) is 96.0 Å². The van der Waals surface area contributed by atoms with Gasteiger partial charge in [0.2, 0.25) is 10.0 Å². The second kappa shape index (κ2) is 10.1. The highest BCUT2D eigenvalue weighted by atomic mass is 32.2. The Morgan fingerprint density at radius 1 is 1.07 bits per heavy atom. The van der Waals surface area contributed by atoms with Crippen LogP contribution in [0.15, 0.2) is 46.7 Å². The average Bonchev–Trinajstić information content (AvgIpc) is 3.14. The molecule has 2 heterocycles. The maximum atomic E-state index is 12.8. The Balaban J connectivity index is 1.58. The zero-order valence-corrected chi connectivity index (χ0v) is 18.4. The second-order valence-electron chi connectivity index (χ2n) is 6.85. The van der Waals surface area contributed by atoms with Gasteiger partial charge in [0.1, 0.15) is 0 Å². The van der Waals surface area contributed by atoms with Crippen LogP contribution in [0.5, 0.6) is 0 Å². The number of nitrogens with zero attached hydrogens (tertiary/aromatic N) is 2. The van der Waals surface area contributed by atoms with Crippen LogP contribution in [0.1, 0.15) is 21.7 Å². The number of hydrogen-bond acceptors (Lipinski definition) is 6. The zero-order valence-electron chi connectivity index (χ0n) is 16.7. The first-order valence-electron chi connectivity index (χ1n) is 9.65. The number of carbonyl (C=O) groups excluding carboxylic acids is 2. The molecular weight excluding hydrogens is 426 g/mol. The molecule has 0 spiro atoms. The summed E-state index contributed by atoms with van der Waals surface area (Å²) in [6, 6.07) is 9.84. The standard InChI is InChI=1S/C20H25N3O5S2/c1-28-20(25)23-12-3-11-22(13-14-23)19(24)16-5-7-18(8-6-16)30(26,27)21-10-9-17-4-2-15-29-17/h2,4-8,15,21H,3,9-14H2,1H3. The van der Waals surface area contributed by atoms with Gasteiger partial charge in [-0.1, -0.05) is 6.07 Å². The molecule has 0 radical (unpaired) electrons. The normalized spacial score (nSPS) is 15.0. The van der Waals surface area contributed by atoms with Crippen LogP contribution in [0.3, 0.4) is 0 Å². The molecule has 162 valence electrons. The highest BCUT2D eigenvalue weighted by Gasteiger charge is 2.23. The van der Waals surface area contributed by atoms with E-state index in [1.807, 2.05) is 17.5 Å². The Labute approximate surface area is 180 Å². The number of rotatable bonds is 6. The molecule has 2 amide bonds. The predicted molar refractivity (Wildman–Crippen MR) is 114 cm³/mol. The van der Waals surface area contributed by atoms with Crippen LogP contribution in [0.4, 0.5) is 4.79 Å². The van der Waals surface area contributed by atoms with Gasteiger partial charge in [0, 0.05) is 43.2 Å². The van der Waals surface area contributed by atoms with Crippen LogP contribution in [-0.2, 0) is 21.2 Å². The summed E-state index contributed by atoms with van der Waals surface area (Å²) < 4.78 is 32.3. The fourth-order valence-electron chi connectivity index (χ4n) is 3.24. The summed E-state index contributed by atoms with van der Waals surface area (Å²) in [6.45, 7) is 2.17. The summed E-state index contributed by atoms with van der Waals surface area (Å²) in [4.78, 5) is 29.0. The van der Waals surface area contributed by atoms with Crippen LogP contribution >= 0.6 is 11.3 Å². The number of thiophene rings is 1. The third-order valence-electron chi connectivity index (χ3n) is 4.87. The molecule has 2 aromatic rings. The molecule has 1 fully saturated rings. The fourth-order valence-corrected chi connectivity index (χ4v) is 4.98. The van der Waals surface area contributed by atoms with Crippen LogP contribution in [-0.4, -0.2) is 70.1 Å². The van der Waals surface area contributed by atoms with Gasteiger partial charge in [-0.25, -0.2) is 17.9 Å². The molecule has 3 rings (SSSR count). The van der Waals surface area contributed by atoms with E-state index in [-0.39, 0.29) is 10.8 Å². The van der Waals surface area contributed by atoms with Crippen molar-refractivity contribution in [2.45, 2.75) is 17.7 Å². The number of nitrogens with one attached hydrogen (secondary N) is 1. The van der Waals surface area contributed by atoms with E-state index in [2.05, 4.69) is 4.72 Å². The molecule has 0 saturated carbocycles. The van der Waals surface area contributed by atoms with Crippen LogP contribution in [0, 0.1) is 0 Å². The molecule has 10 heteroatoms. The SMILES string of the molecule is COC(=O)N1CCCN(C(=O)c2ccc(S(=O)(=O)NCCc3cccs3)cc2)CC1. The maximum absolute atomic E-state index is 12.8. The Morgan fingerprint density at radius 3 is 2.43 bits per heavy atom. The van der Waals surface area contributed by atoms with Gasteiger partial charge in [-0.05, 0) is 48.6 Å². The van der Waals surface area contributed by atoms with E-state index in [0.29, 0.717) is 51.1 Å². The number of benzene rings is 1. The van der Waals surface area contributed by atoms with Crippen molar-refractivity contribution in [3.63, 3.8) is 0 Å². The lowest BCUT2D eigenvalue weighted by molar-refractivity contribution is 0.0757. The molecule has 0 aliphatic carbocycles. The van der Waals surface area contributed by atoms with Crippen molar-refractivity contribution in [1.29, 1.82) is 0 Å². The van der Waals surface area contributed by atoms with Gasteiger partial charge in [0.25, 0.3) is 5.91 Å². The third kappa shape index (κ3) is 5.59. The summed E-state index contributed by atoms with van der Waals surface area (Å²) in [5, 5.41) is 1.96. The van der Waals surface area contributed by atoms with Crippen molar-refractivity contribution in [2.75, 3.05) is 39.8 Å². The average molecular weight is 452 g/mol. The van der Waals surface area contributed by atoms with E-state index in [1.165, 1.54) is 31.4 Å². The van der Waals surface area contributed by atoms with Crippen LogP contribution < -0.4 is 4.72 Å². The minimum Gasteiger partial charge on any atom is -0.453 e. The Kier molecular flexibility index (Phi) is 7.46. The quantitative estimate of drug-likeness (QED) is 0.726. The van der Waals surface area contributed by atoms with Gasteiger partial charge in [-0.3, -0.25) is 4.79 Å². The molecule has 0 unspecified atom stereocenters. The molecule has 0 atom stereocenters. The van der Waals surface area contributed by atoms with Gasteiger partial charge in [-0.15, -0.1) is 11.3 Å². The van der Waals surface area contributed by atoms with Crippen molar-refractivity contribution < 1.29 is 22.7 Å². The zero-order chi connectivity index (χ0) is 21.6. The van der Waals surface area contributed by atoms with Gasteiger partial charge in [0.15, 0.2) is 0 Å². The smallest absolute Gasteiger partial charge is 0.409 e. The molecule has 1 aliphatic heterocycles. The number of methoxy groups -OCH3 is 1. The van der Waals surface area contributed by atoms with Crippen molar-refractivity contribution in [3.05, 3.63) is 52.2 Å². The predicted octanol–water partition coefficient (Wildman–Crippen LogP) is 2.18. The minimum absolute atomic E-state index is 0.123. The molecule has 1 saturated heterocycles. The summed E-state index contributed by atoms with van der Waals surface area (Å²) >= 11 is 1.59. The lowest BCUT2D eigenvalue weighted by Crippen LogP contribution is -2.37. The summed E-state index contributed by atoms with van der Waals surface area (Å²) in [7, 11) is -2.30. The third-order valence-corrected chi connectivity index (χ3v) is 7.28. The summed E-state index contributed by atoms with van der Waals surface area (Å²) in [5.74, 6) is -0.184. The number of hydrogen-bond donors (Lipinski definition) is 1. The Hall–Kier alpha value is -2.43. The fraction of sp³-hybridized carbons (Fsp3) is 0.400. The lowest BCUT2D eigenvalue weighted by Gasteiger charge is -2.21. The van der Waals surface area contributed by atoms with E-state index in [9.17, 15) is 18.0 Å². The largest absolute Gasteiger partial charge is 0.453 e. The van der Waals surface area contributed by atoms with Gasteiger partial charge >= 0.3 is 6.09 Å². The van der Waals surface area contributed by atoms with Crippen LogP contribution in [0.2, 0.25) is 0 Å². The first-order chi connectivity index (χ1) is 14.4. The molecule has 1 aromatic carbocycles. The molecular formula is C20H25N3O5S2. The minimum atomic E-state index is -3.63. The number of sulfonamides is 1. The number of amides is 2. The first-order valence-corrected chi connectivity index (χ1v) is 12.0. The van der Waals surface area contributed by atoms with Gasteiger partial charge in [0.05, 0.1) is 12.0 Å². The first kappa shape index (κ1) is 22.3. The molecule has 1 N–H and O–H groups in total. The molecule has 1 aliphatic rings. The van der Waals surface area contributed by atoms with Crippen molar-refractivity contribution in [2.24, 2.45) is 0 Å². The van der Waals surface area contributed by atoms with Gasteiger partial charge < -0.3 is 14.5 Å². The van der Waals surface area contributed by atoms with Crippen molar-refractivity contribution in [3.8, 4) is 0 Å². The maximum Gasteiger partial charge on any atom is 0.409 e. The number of ether oxygens (including phenoxy) is 1. The van der Waals surface area contributed by atoms with Crippen molar-refractivity contribution >= 4 is 33.4 Å². The van der Waals surface area contributed by atoms with Crippen molar-refractivity contribution in [1.82, 2.24) is 14.5 Å². The monoisotopic (exact) mass is 451 g/mol. The lowest BCUT2D eigenvalue weighted by atomic mass is 10.2. The molecule has 0 bridgehead atoms. The molecule has 1 aromatic heterocycles. The van der Waals surface area contributed by atoms with Gasteiger partial charge in [-0.2, -0.15) is 0 Å². The van der Waals surface area contributed by atoms with E-state index in [4.69, 9.17) is 4.74 Å². The highest BCUT2D eigenvalue weighted by molar-refractivity contribution is 7.89. The van der Waals surface area contributed by atoms with E-state index in [1.54, 1.807) is 21.1 Å². The Bertz CT molecular complexity index is 959. The van der Waals surface area contributed by atoms with E-state index >= 15 is 0 Å².